The van der Waals surface area contributed by atoms with E-state index in [0.717, 1.165) is 0 Å². The van der Waals surface area contributed by atoms with Gasteiger partial charge in [-0.2, -0.15) is 0 Å². The fourth-order valence-electron chi connectivity index (χ4n) is 0.680. The molecular weight excluding hydrogens is 174 g/mol. The molecule has 0 bridgehead atoms. The van der Waals surface area contributed by atoms with Crippen LogP contribution < -0.4 is 5.32 Å². The summed E-state index contributed by atoms with van der Waals surface area (Å²) >= 11 is 0. The Labute approximate surface area is 76.4 Å². The van der Waals surface area contributed by atoms with Gasteiger partial charge in [-0.25, -0.2) is 4.79 Å². The predicted molar refractivity (Wildman–Crippen MR) is 45.9 cm³/mol. The molecular formula is C8H13NO4. The third-order valence-corrected chi connectivity index (χ3v) is 1.44. The fourth-order valence-corrected chi connectivity index (χ4v) is 0.680. The molecule has 0 fully saturated rings. The Balaban J connectivity index is 3.99. The van der Waals surface area contributed by atoms with Crippen LogP contribution in [0.15, 0.2) is 5.70 Å². The molecule has 0 aromatic rings. The van der Waals surface area contributed by atoms with E-state index in [1.165, 1.54) is 14.0 Å². The highest BCUT2D eigenvalue weighted by molar-refractivity contribution is 5.73. The van der Waals surface area contributed by atoms with Crippen molar-refractivity contribution in [3.05, 3.63) is 5.70 Å². The van der Waals surface area contributed by atoms with E-state index in [1.54, 1.807) is 5.94 Å². The average Bonchev–Trinajstić information content (AvgIpc) is 2.11. The van der Waals surface area contributed by atoms with Crippen LogP contribution in [0.4, 0.5) is 0 Å². The molecule has 0 spiro atoms. The van der Waals surface area contributed by atoms with Crippen LogP contribution in [0.3, 0.4) is 0 Å². The van der Waals surface area contributed by atoms with Crippen LogP contribution in [-0.4, -0.2) is 36.8 Å². The van der Waals surface area contributed by atoms with Crippen molar-refractivity contribution in [3.63, 3.8) is 0 Å². The highest BCUT2D eigenvalue weighted by Crippen LogP contribution is 1.94. The Morgan fingerprint density at radius 1 is 1.69 bits per heavy atom. The quantitative estimate of drug-likeness (QED) is 0.563. The zero-order valence-corrected chi connectivity index (χ0v) is 7.66. The maximum absolute atomic E-state index is 10.4. The van der Waals surface area contributed by atoms with Crippen LogP contribution in [0, 0.1) is 0 Å². The van der Waals surface area contributed by atoms with Gasteiger partial charge in [0.2, 0.25) is 0 Å². The molecule has 0 heterocycles. The zero-order valence-electron chi connectivity index (χ0n) is 7.66. The number of aliphatic carboxylic acids is 1. The second-order valence-electron chi connectivity index (χ2n) is 2.53. The van der Waals surface area contributed by atoms with Gasteiger partial charge in [-0.3, -0.25) is 4.79 Å². The lowest BCUT2D eigenvalue weighted by Crippen LogP contribution is -2.33. The van der Waals surface area contributed by atoms with Gasteiger partial charge < -0.3 is 15.2 Å². The molecule has 0 aliphatic rings. The second-order valence-corrected chi connectivity index (χ2v) is 2.53. The van der Waals surface area contributed by atoms with E-state index in [9.17, 15) is 9.59 Å². The number of rotatable bonds is 6. The highest BCUT2D eigenvalue weighted by Gasteiger charge is 2.11. The van der Waals surface area contributed by atoms with E-state index >= 15 is 0 Å². The van der Waals surface area contributed by atoms with E-state index in [1.807, 2.05) is 0 Å². The SMILES string of the molecule is COCCC(=C=O)NC(C)C(=O)O. The Kier molecular flexibility index (Phi) is 5.59. The first kappa shape index (κ1) is 11.7. The van der Waals surface area contributed by atoms with Gasteiger partial charge >= 0.3 is 5.97 Å². The molecule has 0 rings (SSSR count). The minimum Gasteiger partial charge on any atom is -0.480 e. The first-order valence-electron chi connectivity index (χ1n) is 3.84. The first-order valence-corrected chi connectivity index (χ1v) is 3.84. The van der Waals surface area contributed by atoms with Gasteiger partial charge in [-0.1, -0.05) is 0 Å². The summed E-state index contributed by atoms with van der Waals surface area (Å²) < 4.78 is 4.73. The minimum atomic E-state index is -1.01. The van der Waals surface area contributed by atoms with Gasteiger partial charge in [0.1, 0.15) is 12.0 Å². The monoisotopic (exact) mass is 187 g/mol. The molecule has 1 atom stereocenters. The van der Waals surface area contributed by atoms with Crippen molar-refractivity contribution in [1.29, 1.82) is 0 Å². The summed E-state index contributed by atoms with van der Waals surface area (Å²) in [5.74, 6) is 0.626. The molecule has 74 valence electrons. The van der Waals surface area contributed by atoms with Crippen LogP contribution in [0.1, 0.15) is 13.3 Å². The summed E-state index contributed by atoms with van der Waals surface area (Å²) in [7, 11) is 1.50. The van der Waals surface area contributed by atoms with Crippen molar-refractivity contribution >= 4 is 11.9 Å². The molecule has 0 aliphatic heterocycles. The molecule has 0 aliphatic carbocycles. The van der Waals surface area contributed by atoms with E-state index in [-0.39, 0.29) is 5.70 Å². The largest absolute Gasteiger partial charge is 0.480 e. The van der Waals surface area contributed by atoms with E-state index in [2.05, 4.69) is 5.32 Å². The van der Waals surface area contributed by atoms with Crippen molar-refractivity contribution in [1.82, 2.24) is 5.32 Å². The number of carboxylic acid groups (broad SMARTS) is 1. The Morgan fingerprint density at radius 2 is 2.31 bits per heavy atom. The maximum Gasteiger partial charge on any atom is 0.325 e. The summed E-state index contributed by atoms with van der Waals surface area (Å²) in [6.07, 6.45) is 0.345. The maximum atomic E-state index is 10.4. The number of hydrogen-bond donors (Lipinski definition) is 2. The first-order chi connectivity index (χ1) is 6.11. The normalized spacial score (nSPS) is 11.5. The molecule has 5 heteroatoms. The second kappa shape index (κ2) is 6.22. The van der Waals surface area contributed by atoms with Gasteiger partial charge in [0.25, 0.3) is 0 Å². The summed E-state index contributed by atoms with van der Waals surface area (Å²) in [5.41, 5.74) is 0.219. The molecule has 0 aromatic carbocycles. The number of hydrogen-bond acceptors (Lipinski definition) is 4. The summed E-state index contributed by atoms with van der Waals surface area (Å²) in [4.78, 5) is 20.7. The highest BCUT2D eigenvalue weighted by atomic mass is 16.5. The third-order valence-electron chi connectivity index (χ3n) is 1.44. The van der Waals surface area contributed by atoms with Gasteiger partial charge in [-0.15, -0.1) is 0 Å². The molecule has 2 N–H and O–H groups in total. The summed E-state index contributed by atoms with van der Waals surface area (Å²) in [5, 5.41) is 11.0. The van der Waals surface area contributed by atoms with E-state index in [0.29, 0.717) is 13.0 Å². The smallest absolute Gasteiger partial charge is 0.325 e. The predicted octanol–water partition coefficient (Wildman–Crippen LogP) is -0.199. The molecule has 0 aromatic heterocycles. The van der Waals surface area contributed by atoms with Gasteiger partial charge in [0.15, 0.2) is 0 Å². The Bertz CT molecular complexity index is 220. The van der Waals surface area contributed by atoms with E-state index < -0.39 is 12.0 Å². The van der Waals surface area contributed by atoms with Crippen LogP contribution in [0.25, 0.3) is 0 Å². The molecule has 0 saturated carbocycles. The van der Waals surface area contributed by atoms with E-state index in [4.69, 9.17) is 9.84 Å². The lowest BCUT2D eigenvalue weighted by Gasteiger charge is -2.10. The van der Waals surface area contributed by atoms with Crippen molar-refractivity contribution in [2.75, 3.05) is 13.7 Å². The average molecular weight is 187 g/mol. The lowest BCUT2D eigenvalue weighted by atomic mass is 10.3. The molecule has 13 heavy (non-hydrogen) atoms. The van der Waals surface area contributed by atoms with Gasteiger partial charge in [-0.05, 0) is 6.92 Å². The number of carbonyl (C=O) groups excluding carboxylic acids is 1. The number of nitrogens with one attached hydrogen (secondary N) is 1. The molecule has 5 nitrogen and oxygen atoms in total. The minimum absolute atomic E-state index is 0.219. The van der Waals surface area contributed by atoms with Crippen molar-refractivity contribution < 1.29 is 19.4 Å². The number of ether oxygens (including phenoxy) is 1. The molecule has 1 unspecified atom stereocenters. The fraction of sp³-hybridized carbons (Fsp3) is 0.625. The zero-order chi connectivity index (χ0) is 10.3. The molecule has 0 saturated heterocycles. The lowest BCUT2D eigenvalue weighted by molar-refractivity contribution is -0.138. The Morgan fingerprint density at radius 3 is 2.69 bits per heavy atom. The van der Waals surface area contributed by atoms with Crippen LogP contribution in [-0.2, 0) is 14.3 Å². The number of carbonyl (C=O) groups is 1. The van der Waals surface area contributed by atoms with Crippen molar-refractivity contribution in [2.24, 2.45) is 0 Å². The van der Waals surface area contributed by atoms with Gasteiger partial charge in [0, 0.05) is 13.5 Å². The summed E-state index contributed by atoms with van der Waals surface area (Å²) in [6.45, 7) is 1.82. The summed E-state index contributed by atoms with van der Waals surface area (Å²) in [6, 6.07) is -0.784. The topological polar surface area (TPSA) is 75.6 Å². The molecule has 0 radical (unpaired) electrons. The van der Waals surface area contributed by atoms with Gasteiger partial charge in [0.05, 0.1) is 12.3 Å². The Hall–Kier alpha value is -1.32. The molecule has 0 amide bonds. The van der Waals surface area contributed by atoms with Crippen molar-refractivity contribution in [3.8, 4) is 0 Å². The number of carboxylic acids is 1. The van der Waals surface area contributed by atoms with Crippen LogP contribution in [0.2, 0.25) is 0 Å². The van der Waals surface area contributed by atoms with Crippen molar-refractivity contribution in [2.45, 2.75) is 19.4 Å². The number of methoxy groups -OCH3 is 1. The van der Waals surface area contributed by atoms with Crippen LogP contribution >= 0.6 is 0 Å². The van der Waals surface area contributed by atoms with Crippen LogP contribution in [0.5, 0.6) is 0 Å². The third kappa shape index (κ3) is 5.00. The standard InChI is InChI=1S/C8H13NO4/c1-6(8(11)12)9-7(5-10)3-4-13-2/h6,9H,3-4H2,1-2H3,(H,11,12).